The third kappa shape index (κ3) is 5.58. The Labute approximate surface area is 215 Å². The Morgan fingerprint density at radius 2 is 1.72 bits per heavy atom. The molecule has 3 heterocycles. The Balaban J connectivity index is 1.26. The summed E-state index contributed by atoms with van der Waals surface area (Å²) in [5, 5.41) is 4.41. The molecule has 2 N–H and O–H groups in total. The summed E-state index contributed by atoms with van der Waals surface area (Å²) in [6.07, 6.45) is 4.58. The zero-order valence-corrected chi connectivity index (χ0v) is 20.6. The molecule has 1 aliphatic heterocycles. The molecule has 2 aromatic heterocycles. The third-order valence-electron chi connectivity index (χ3n) is 6.63. The molecule has 4 aromatic rings. The van der Waals surface area contributed by atoms with Crippen LogP contribution in [-0.4, -0.2) is 64.3 Å². The maximum Gasteiger partial charge on any atom is 0.268 e. The zero-order valence-electron chi connectivity index (χ0n) is 19.9. The van der Waals surface area contributed by atoms with E-state index in [-0.39, 0.29) is 11.8 Å². The predicted octanol–water partition coefficient (Wildman–Crippen LogP) is 4.07. The van der Waals surface area contributed by atoms with Crippen molar-refractivity contribution in [3.8, 4) is 0 Å². The van der Waals surface area contributed by atoms with E-state index >= 15 is 0 Å². The number of amides is 2. The lowest BCUT2D eigenvalue weighted by molar-refractivity contribution is -0.135. The molecule has 2 aromatic carbocycles. The van der Waals surface area contributed by atoms with E-state index in [1.54, 1.807) is 18.2 Å². The smallest absolute Gasteiger partial charge is 0.268 e. The summed E-state index contributed by atoms with van der Waals surface area (Å²) in [4.78, 5) is 38.2. The number of carbonyl (C=O) groups excluding carboxylic acids is 2. The standard InChI is InChI=1S/C28H28ClN5O2/c29-23-6-7-24-22(18-23)19-25(31-24)27(35)32-26(21-4-2-1-3-5-21)28(36)34-16-14-33(15-17-34)13-10-20-8-11-30-12-9-20/h1-9,11-12,18-19,26,31H,10,13-17H2,(H,32,35)/t26-/m1/s1. The number of nitrogens with one attached hydrogen (secondary N) is 2. The molecule has 2 amide bonds. The van der Waals surface area contributed by atoms with Crippen molar-refractivity contribution in [3.05, 3.63) is 101 Å². The lowest BCUT2D eigenvalue weighted by atomic mass is 10.0. The van der Waals surface area contributed by atoms with Gasteiger partial charge < -0.3 is 15.2 Å². The molecule has 1 fully saturated rings. The highest BCUT2D eigenvalue weighted by molar-refractivity contribution is 6.31. The maximum atomic E-state index is 13.6. The predicted molar refractivity (Wildman–Crippen MR) is 141 cm³/mol. The van der Waals surface area contributed by atoms with Crippen LogP contribution in [0.5, 0.6) is 0 Å². The summed E-state index contributed by atoms with van der Waals surface area (Å²) in [6.45, 7) is 3.79. The molecule has 0 unspecified atom stereocenters. The highest BCUT2D eigenvalue weighted by atomic mass is 35.5. The van der Waals surface area contributed by atoms with Gasteiger partial charge in [-0.1, -0.05) is 41.9 Å². The topological polar surface area (TPSA) is 81.3 Å². The normalized spacial score (nSPS) is 15.1. The van der Waals surface area contributed by atoms with E-state index in [9.17, 15) is 9.59 Å². The first-order valence-corrected chi connectivity index (χ1v) is 12.5. The van der Waals surface area contributed by atoms with Gasteiger partial charge in [0.1, 0.15) is 11.7 Å². The SMILES string of the molecule is O=C(N[C@@H](C(=O)N1CCN(CCc2ccncc2)CC1)c1ccccc1)c1cc2cc(Cl)ccc2[nH]1. The minimum Gasteiger partial charge on any atom is -0.351 e. The van der Waals surface area contributed by atoms with Gasteiger partial charge in [0.05, 0.1) is 0 Å². The zero-order chi connectivity index (χ0) is 24.9. The van der Waals surface area contributed by atoms with Crippen molar-refractivity contribution in [2.45, 2.75) is 12.5 Å². The van der Waals surface area contributed by atoms with E-state index in [2.05, 4.69) is 20.2 Å². The molecule has 184 valence electrons. The average Bonchev–Trinajstić information content (AvgIpc) is 3.35. The maximum absolute atomic E-state index is 13.6. The lowest BCUT2D eigenvalue weighted by Gasteiger charge is -2.36. The molecular formula is C28H28ClN5O2. The van der Waals surface area contributed by atoms with E-state index in [4.69, 9.17) is 11.6 Å². The lowest BCUT2D eigenvalue weighted by Crippen LogP contribution is -2.52. The fourth-order valence-corrected chi connectivity index (χ4v) is 4.76. The average molecular weight is 502 g/mol. The first kappa shape index (κ1) is 24.0. The quantitative estimate of drug-likeness (QED) is 0.400. The Kier molecular flexibility index (Phi) is 7.30. The molecule has 0 saturated carbocycles. The van der Waals surface area contributed by atoms with E-state index in [1.807, 2.05) is 65.8 Å². The van der Waals surface area contributed by atoms with Crippen LogP contribution in [0.15, 0.2) is 79.1 Å². The van der Waals surface area contributed by atoms with Gasteiger partial charge in [-0.25, -0.2) is 0 Å². The first-order chi connectivity index (χ1) is 17.6. The number of H-pyrrole nitrogens is 1. The Morgan fingerprint density at radius 3 is 2.47 bits per heavy atom. The number of fused-ring (bicyclic) bond motifs is 1. The summed E-state index contributed by atoms with van der Waals surface area (Å²) in [5.41, 5.74) is 3.22. The minimum absolute atomic E-state index is 0.0949. The fourth-order valence-electron chi connectivity index (χ4n) is 4.58. The molecule has 0 aliphatic carbocycles. The highest BCUT2D eigenvalue weighted by Crippen LogP contribution is 2.22. The van der Waals surface area contributed by atoms with Crippen LogP contribution in [0.4, 0.5) is 0 Å². The number of aromatic nitrogens is 2. The summed E-state index contributed by atoms with van der Waals surface area (Å²) < 4.78 is 0. The van der Waals surface area contributed by atoms with Crippen molar-refractivity contribution >= 4 is 34.3 Å². The number of rotatable bonds is 7. The van der Waals surface area contributed by atoms with Gasteiger partial charge in [0.2, 0.25) is 5.91 Å². The Bertz CT molecular complexity index is 1330. The van der Waals surface area contributed by atoms with Gasteiger partial charge in [-0.05, 0) is 53.9 Å². The molecule has 0 bridgehead atoms. The second kappa shape index (κ2) is 10.9. The summed E-state index contributed by atoms with van der Waals surface area (Å²) in [6, 6.07) is 19.9. The first-order valence-electron chi connectivity index (χ1n) is 12.1. The van der Waals surface area contributed by atoms with Crippen LogP contribution in [0.1, 0.15) is 27.7 Å². The van der Waals surface area contributed by atoms with E-state index in [0.29, 0.717) is 23.8 Å². The van der Waals surface area contributed by atoms with Crippen LogP contribution in [-0.2, 0) is 11.2 Å². The highest BCUT2D eigenvalue weighted by Gasteiger charge is 2.30. The molecule has 0 radical (unpaired) electrons. The number of carbonyl (C=O) groups is 2. The monoisotopic (exact) mass is 501 g/mol. The van der Waals surface area contributed by atoms with Crippen molar-refractivity contribution < 1.29 is 9.59 Å². The van der Waals surface area contributed by atoms with Crippen LogP contribution < -0.4 is 5.32 Å². The van der Waals surface area contributed by atoms with Crippen LogP contribution in [0.25, 0.3) is 10.9 Å². The molecule has 1 aliphatic rings. The number of pyridine rings is 1. The molecular weight excluding hydrogens is 474 g/mol. The van der Waals surface area contributed by atoms with Crippen LogP contribution in [0.2, 0.25) is 5.02 Å². The van der Waals surface area contributed by atoms with Crippen molar-refractivity contribution in [1.82, 2.24) is 25.1 Å². The third-order valence-corrected chi connectivity index (χ3v) is 6.87. The van der Waals surface area contributed by atoms with Crippen molar-refractivity contribution in [2.75, 3.05) is 32.7 Å². The summed E-state index contributed by atoms with van der Waals surface area (Å²) >= 11 is 6.09. The van der Waals surface area contributed by atoms with E-state index in [1.165, 1.54) is 5.56 Å². The van der Waals surface area contributed by atoms with Gasteiger partial charge in [0, 0.05) is 61.0 Å². The van der Waals surface area contributed by atoms with Gasteiger partial charge in [0.15, 0.2) is 0 Å². The number of hydrogen-bond donors (Lipinski definition) is 2. The summed E-state index contributed by atoms with van der Waals surface area (Å²) in [7, 11) is 0. The van der Waals surface area contributed by atoms with Gasteiger partial charge in [0.25, 0.3) is 5.91 Å². The summed E-state index contributed by atoms with van der Waals surface area (Å²) in [5.74, 6) is -0.428. The van der Waals surface area contributed by atoms with Crippen molar-refractivity contribution in [2.24, 2.45) is 0 Å². The number of hydrogen-bond acceptors (Lipinski definition) is 4. The molecule has 36 heavy (non-hydrogen) atoms. The molecule has 5 rings (SSSR count). The second-order valence-electron chi connectivity index (χ2n) is 9.00. The fraction of sp³-hybridized carbons (Fsp3) is 0.250. The van der Waals surface area contributed by atoms with E-state index in [0.717, 1.165) is 42.5 Å². The van der Waals surface area contributed by atoms with Crippen LogP contribution in [0.3, 0.4) is 0 Å². The van der Waals surface area contributed by atoms with Gasteiger partial charge in [-0.2, -0.15) is 0 Å². The Morgan fingerprint density at radius 1 is 0.972 bits per heavy atom. The van der Waals surface area contributed by atoms with Crippen molar-refractivity contribution in [3.63, 3.8) is 0 Å². The number of benzene rings is 2. The largest absolute Gasteiger partial charge is 0.351 e. The minimum atomic E-state index is -0.767. The Hall–Kier alpha value is -3.68. The van der Waals surface area contributed by atoms with Gasteiger partial charge in [-0.3, -0.25) is 19.5 Å². The van der Waals surface area contributed by atoms with Gasteiger partial charge >= 0.3 is 0 Å². The molecule has 0 spiro atoms. The van der Waals surface area contributed by atoms with E-state index < -0.39 is 6.04 Å². The molecule has 8 heteroatoms. The molecule has 1 atom stereocenters. The molecule has 7 nitrogen and oxygen atoms in total. The second-order valence-corrected chi connectivity index (χ2v) is 9.44. The van der Waals surface area contributed by atoms with Crippen molar-refractivity contribution in [1.29, 1.82) is 0 Å². The number of piperazine rings is 1. The molecule has 1 saturated heterocycles. The number of halogens is 1. The number of aromatic amines is 1. The van der Waals surface area contributed by atoms with Gasteiger partial charge in [-0.15, -0.1) is 0 Å². The van der Waals surface area contributed by atoms with Crippen LogP contribution >= 0.6 is 11.6 Å². The number of nitrogens with zero attached hydrogens (tertiary/aromatic N) is 3. The van der Waals surface area contributed by atoms with Crippen LogP contribution in [0, 0.1) is 0 Å².